The smallest absolute Gasteiger partial charge is 0.387 e. The Hall–Kier alpha value is -2.82. The molecule has 4 saturated heterocycles. The molecule has 0 aliphatic carbocycles. The molecule has 6 heterocycles. The van der Waals surface area contributed by atoms with Crippen molar-refractivity contribution < 1.29 is 22.6 Å². The number of hydrogen-bond donors (Lipinski definition) is 1. The van der Waals surface area contributed by atoms with Gasteiger partial charge in [0.05, 0.1) is 31.0 Å². The number of aromatic nitrogens is 3. The van der Waals surface area contributed by atoms with Gasteiger partial charge in [-0.3, -0.25) is 0 Å². The van der Waals surface area contributed by atoms with Gasteiger partial charge >= 0.3 is 6.61 Å². The molecule has 0 saturated carbocycles. The second-order valence-corrected chi connectivity index (χ2v) is 8.07. The van der Waals surface area contributed by atoms with Gasteiger partial charge < -0.3 is 25.0 Å². The van der Waals surface area contributed by atoms with Crippen LogP contribution in [0.25, 0.3) is 11.3 Å². The van der Waals surface area contributed by atoms with Crippen molar-refractivity contribution >= 4 is 17.6 Å². The zero-order valence-corrected chi connectivity index (χ0v) is 16.8. The van der Waals surface area contributed by atoms with Gasteiger partial charge in [0.15, 0.2) is 11.6 Å². The van der Waals surface area contributed by atoms with E-state index >= 15 is 0 Å². The van der Waals surface area contributed by atoms with Crippen LogP contribution in [0.2, 0.25) is 0 Å². The summed E-state index contributed by atoms with van der Waals surface area (Å²) in [5.74, 6) is 0.755. The van der Waals surface area contributed by atoms with Gasteiger partial charge in [0.1, 0.15) is 12.0 Å². The zero-order valence-electron chi connectivity index (χ0n) is 16.8. The Balaban J connectivity index is 1.55. The normalized spacial score (nSPS) is 25.5. The van der Waals surface area contributed by atoms with Crippen molar-refractivity contribution in [2.45, 2.75) is 44.2 Å². The SMILES string of the molecule is Nc1ncc(-c2cc(N3C[C@@H]4CC[C@H]3CO4)nc(N3CC[C@H](F)C3)n2)cc1OC(F)F. The Morgan fingerprint density at radius 3 is 2.68 bits per heavy atom. The summed E-state index contributed by atoms with van der Waals surface area (Å²) in [5, 5.41) is 0. The Labute approximate surface area is 177 Å². The van der Waals surface area contributed by atoms with Crippen molar-refractivity contribution in [3.63, 3.8) is 0 Å². The highest BCUT2D eigenvalue weighted by Crippen LogP contribution is 2.35. The zero-order chi connectivity index (χ0) is 21.5. The molecule has 0 spiro atoms. The summed E-state index contributed by atoms with van der Waals surface area (Å²) in [7, 11) is 0. The van der Waals surface area contributed by atoms with E-state index in [2.05, 4.69) is 19.6 Å². The minimum Gasteiger partial charge on any atom is -0.431 e. The van der Waals surface area contributed by atoms with Gasteiger partial charge in [-0.25, -0.2) is 14.4 Å². The van der Waals surface area contributed by atoms with E-state index in [9.17, 15) is 13.2 Å². The number of hydrogen-bond acceptors (Lipinski definition) is 8. The van der Waals surface area contributed by atoms with Crippen LogP contribution in [0.5, 0.6) is 5.75 Å². The molecule has 6 rings (SSSR count). The number of ether oxygens (including phenoxy) is 2. The fourth-order valence-electron chi connectivity index (χ4n) is 4.37. The van der Waals surface area contributed by atoms with Gasteiger partial charge in [-0.15, -0.1) is 0 Å². The second kappa shape index (κ2) is 8.03. The van der Waals surface area contributed by atoms with E-state index in [0.717, 1.165) is 12.8 Å². The quantitative estimate of drug-likeness (QED) is 0.765. The van der Waals surface area contributed by atoms with E-state index in [1.165, 1.54) is 12.3 Å². The molecule has 31 heavy (non-hydrogen) atoms. The van der Waals surface area contributed by atoms with Gasteiger partial charge in [0.25, 0.3) is 0 Å². The average Bonchev–Trinajstić information content (AvgIpc) is 3.22. The highest BCUT2D eigenvalue weighted by molar-refractivity contribution is 5.68. The predicted molar refractivity (Wildman–Crippen MR) is 108 cm³/mol. The molecule has 2 N–H and O–H groups in total. The van der Waals surface area contributed by atoms with E-state index in [4.69, 9.17) is 15.5 Å². The molecular formula is C20H23F3N6O2. The van der Waals surface area contributed by atoms with Gasteiger partial charge in [-0.1, -0.05) is 0 Å². The lowest BCUT2D eigenvalue weighted by Crippen LogP contribution is -2.55. The monoisotopic (exact) mass is 436 g/mol. The number of nitrogens with two attached hydrogens (primary N) is 1. The molecule has 4 aliphatic rings. The number of nitrogens with zero attached hydrogens (tertiary/aromatic N) is 5. The maximum atomic E-state index is 13.8. The molecule has 0 radical (unpaired) electrons. The standard InChI is InChI=1S/C20H23F3N6O2/c21-12-3-4-28(8-12)20-26-15(11-5-16(31-19(22)23)18(24)25-7-11)6-17(27-20)29-9-14-2-1-13(29)10-30-14/h5-7,12-14,19H,1-4,8-10H2,(H2,24,25)/t12-,13-,14-/m0/s1. The molecule has 4 fully saturated rings. The minimum absolute atomic E-state index is 0.135. The molecule has 11 heteroatoms. The summed E-state index contributed by atoms with van der Waals surface area (Å²) >= 11 is 0. The van der Waals surface area contributed by atoms with Crippen LogP contribution >= 0.6 is 0 Å². The molecular weight excluding hydrogens is 413 g/mol. The molecule has 166 valence electrons. The lowest BCUT2D eigenvalue weighted by atomic mass is 9.97. The molecule has 4 aliphatic heterocycles. The van der Waals surface area contributed by atoms with Crippen molar-refractivity contribution in [1.82, 2.24) is 15.0 Å². The first-order chi connectivity index (χ1) is 15.0. The van der Waals surface area contributed by atoms with E-state index in [1.807, 2.05) is 0 Å². The first kappa shape index (κ1) is 20.1. The molecule has 2 bridgehead atoms. The fraction of sp³-hybridized carbons (Fsp3) is 0.550. The number of halogens is 3. The summed E-state index contributed by atoms with van der Waals surface area (Å²) in [5.41, 5.74) is 6.62. The lowest BCUT2D eigenvalue weighted by Gasteiger charge is -2.45. The Morgan fingerprint density at radius 2 is 2.03 bits per heavy atom. The summed E-state index contributed by atoms with van der Waals surface area (Å²) < 4.78 is 49.6. The van der Waals surface area contributed by atoms with Crippen molar-refractivity contribution in [2.24, 2.45) is 0 Å². The molecule has 0 aromatic carbocycles. The van der Waals surface area contributed by atoms with Gasteiger partial charge in [-0.05, 0) is 25.3 Å². The van der Waals surface area contributed by atoms with Gasteiger partial charge in [-0.2, -0.15) is 13.8 Å². The van der Waals surface area contributed by atoms with Gasteiger partial charge in [0, 0.05) is 30.9 Å². The number of pyridine rings is 1. The van der Waals surface area contributed by atoms with Crippen molar-refractivity contribution in [1.29, 1.82) is 0 Å². The molecule has 2 aromatic heterocycles. The topological polar surface area (TPSA) is 89.6 Å². The highest BCUT2D eigenvalue weighted by Gasteiger charge is 2.36. The van der Waals surface area contributed by atoms with Crippen LogP contribution in [-0.2, 0) is 4.74 Å². The first-order valence-corrected chi connectivity index (χ1v) is 10.3. The molecule has 0 unspecified atom stereocenters. The van der Waals surface area contributed by atoms with E-state index in [0.29, 0.717) is 49.1 Å². The highest BCUT2D eigenvalue weighted by atomic mass is 19.3. The minimum atomic E-state index is -3.02. The summed E-state index contributed by atoms with van der Waals surface area (Å²) in [4.78, 5) is 17.3. The number of morpholine rings is 1. The summed E-state index contributed by atoms with van der Waals surface area (Å²) in [6, 6.07) is 3.39. The summed E-state index contributed by atoms with van der Waals surface area (Å²) in [6.07, 6.45) is 3.11. The summed E-state index contributed by atoms with van der Waals surface area (Å²) in [6.45, 7) is -0.945. The Morgan fingerprint density at radius 1 is 1.16 bits per heavy atom. The number of fused-ring (bicyclic) bond motifs is 3. The molecule has 0 amide bonds. The van der Waals surface area contributed by atoms with Crippen LogP contribution in [0.15, 0.2) is 18.3 Å². The average molecular weight is 436 g/mol. The van der Waals surface area contributed by atoms with E-state index in [-0.39, 0.29) is 30.3 Å². The third-order valence-corrected chi connectivity index (χ3v) is 5.99. The molecule has 2 aromatic rings. The molecule has 3 atom stereocenters. The Kier molecular flexibility index (Phi) is 5.20. The predicted octanol–water partition coefficient (Wildman–Crippen LogP) is 2.64. The van der Waals surface area contributed by atoms with E-state index < -0.39 is 12.8 Å². The maximum absolute atomic E-state index is 13.8. The van der Waals surface area contributed by atoms with Crippen LogP contribution in [0, 0.1) is 0 Å². The number of rotatable bonds is 5. The van der Waals surface area contributed by atoms with E-state index in [1.54, 1.807) is 11.0 Å². The van der Waals surface area contributed by atoms with Crippen LogP contribution in [0.4, 0.5) is 30.8 Å². The van der Waals surface area contributed by atoms with Gasteiger partial charge in [0.2, 0.25) is 5.95 Å². The molecule has 8 nitrogen and oxygen atoms in total. The number of nitrogen functional groups attached to an aromatic ring is 1. The maximum Gasteiger partial charge on any atom is 0.387 e. The van der Waals surface area contributed by atoms with Crippen molar-refractivity contribution in [3.05, 3.63) is 18.3 Å². The van der Waals surface area contributed by atoms with Crippen LogP contribution < -0.4 is 20.3 Å². The largest absolute Gasteiger partial charge is 0.431 e. The van der Waals surface area contributed by atoms with Crippen molar-refractivity contribution in [3.8, 4) is 17.0 Å². The second-order valence-electron chi connectivity index (χ2n) is 8.07. The van der Waals surface area contributed by atoms with Crippen LogP contribution in [0.3, 0.4) is 0 Å². The first-order valence-electron chi connectivity index (χ1n) is 10.3. The third-order valence-electron chi connectivity index (χ3n) is 5.99. The lowest BCUT2D eigenvalue weighted by molar-refractivity contribution is -0.0494. The number of alkyl halides is 3. The number of anilines is 3. The fourth-order valence-corrected chi connectivity index (χ4v) is 4.37. The number of piperidine rings is 1. The van der Waals surface area contributed by atoms with Crippen LogP contribution in [-0.4, -0.2) is 66.1 Å². The third kappa shape index (κ3) is 4.06. The van der Waals surface area contributed by atoms with Crippen molar-refractivity contribution in [2.75, 3.05) is 41.8 Å². The van der Waals surface area contributed by atoms with Crippen LogP contribution in [0.1, 0.15) is 19.3 Å². The Bertz CT molecular complexity index is 957.